The van der Waals surface area contributed by atoms with Gasteiger partial charge in [-0.3, -0.25) is 0 Å². The van der Waals surface area contributed by atoms with Gasteiger partial charge in [-0.05, 0) is 37.5 Å². The lowest BCUT2D eigenvalue weighted by Crippen LogP contribution is -2.28. The first-order valence-electron chi connectivity index (χ1n) is 5.48. The fourth-order valence-electron chi connectivity index (χ4n) is 2.19. The third kappa shape index (κ3) is 2.08. The van der Waals surface area contributed by atoms with Crippen molar-refractivity contribution >= 4 is 0 Å². The van der Waals surface area contributed by atoms with Crippen LogP contribution in [0.1, 0.15) is 30.5 Å². The fraction of sp³-hybridized carbons (Fsp3) is 0.500. The molecule has 0 radical (unpaired) electrons. The predicted octanol–water partition coefficient (Wildman–Crippen LogP) is 1.92. The second-order valence-corrected chi connectivity index (χ2v) is 4.27. The summed E-state index contributed by atoms with van der Waals surface area (Å²) in [5.41, 5.74) is 0.906. The standard InChI is InChI=1S/C12H15F2NO/c1-7(16)6-15-11-5-2-8-9(13)3-4-10(14)12(8)11/h3-4,7,11,15-16H,2,5-6H2,1H3. The maximum atomic E-state index is 13.6. The Balaban J connectivity index is 2.22. The van der Waals surface area contributed by atoms with E-state index >= 15 is 0 Å². The summed E-state index contributed by atoms with van der Waals surface area (Å²) in [6.07, 6.45) is 0.747. The maximum absolute atomic E-state index is 13.6. The lowest BCUT2D eigenvalue weighted by molar-refractivity contribution is 0.186. The summed E-state index contributed by atoms with van der Waals surface area (Å²) in [4.78, 5) is 0. The summed E-state index contributed by atoms with van der Waals surface area (Å²) in [5, 5.41) is 12.2. The van der Waals surface area contributed by atoms with Crippen molar-refractivity contribution < 1.29 is 13.9 Å². The number of benzene rings is 1. The van der Waals surface area contributed by atoms with E-state index in [9.17, 15) is 8.78 Å². The van der Waals surface area contributed by atoms with Gasteiger partial charge in [-0.1, -0.05) is 0 Å². The van der Waals surface area contributed by atoms with Crippen molar-refractivity contribution in [2.24, 2.45) is 0 Å². The Morgan fingerprint density at radius 1 is 1.44 bits per heavy atom. The SMILES string of the molecule is CC(O)CNC1CCc2c(F)ccc(F)c21. The minimum absolute atomic E-state index is 0.180. The molecule has 1 aromatic rings. The molecule has 16 heavy (non-hydrogen) atoms. The van der Waals surface area contributed by atoms with E-state index in [1.54, 1.807) is 6.92 Å². The first kappa shape index (κ1) is 11.5. The molecule has 2 N–H and O–H groups in total. The highest BCUT2D eigenvalue weighted by Crippen LogP contribution is 2.34. The molecule has 0 bridgehead atoms. The van der Waals surface area contributed by atoms with Crippen LogP contribution in [-0.4, -0.2) is 17.8 Å². The largest absolute Gasteiger partial charge is 0.392 e. The average molecular weight is 227 g/mol. The van der Waals surface area contributed by atoms with E-state index in [0.29, 0.717) is 30.5 Å². The van der Waals surface area contributed by atoms with Crippen molar-refractivity contribution in [1.82, 2.24) is 5.32 Å². The lowest BCUT2D eigenvalue weighted by atomic mass is 10.1. The summed E-state index contributed by atoms with van der Waals surface area (Å²) in [5.74, 6) is -0.699. The van der Waals surface area contributed by atoms with Gasteiger partial charge in [-0.2, -0.15) is 0 Å². The topological polar surface area (TPSA) is 32.3 Å². The van der Waals surface area contributed by atoms with Crippen LogP contribution in [0.3, 0.4) is 0 Å². The number of hydrogen-bond acceptors (Lipinski definition) is 2. The Bertz CT molecular complexity index is 393. The number of halogens is 2. The van der Waals surface area contributed by atoms with Crippen LogP contribution in [0.15, 0.2) is 12.1 Å². The Morgan fingerprint density at radius 2 is 2.12 bits per heavy atom. The molecule has 4 heteroatoms. The number of fused-ring (bicyclic) bond motifs is 1. The van der Waals surface area contributed by atoms with Crippen molar-refractivity contribution in [3.63, 3.8) is 0 Å². The van der Waals surface area contributed by atoms with Crippen LogP contribution < -0.4 is 5.32 Å². The number of aliphatic hydroxyl groups is 1. The lowest BCUT2D eigenvalue weighted by Gasteiger charge is -2.15. The summed E-state index contributed by atoms with van der Waals surface area (Å²) < 4.78 is 27.0. The second-order valence-electron chi connectivity index (χ2n) is 4.27. The van der Waals surface area contributed by atoms with Crippen molar-refractivity contribution in [3.8, 4) is 0 Å². The molecule has 2 atom stereocenters. The Labute approximate surface area is 93.3 Å². The molecule has 2 nitrogen and oxygen atoms in total. The predicted molar refractivity (Wildman–Crippen MR) is 57.1 cm³/mol. The highest BCUT2D eigenvalue weighted by atomic mass is 19.1. The molecule has 1 aliphatic rings. The molecule has 0 aliphatic heterocycles. The first-order valence-corrected chi connectivity index (χ1v) is 5.48. The summed E-state index contributed by atoms with van der Waals surface area (Å²) in [6.45, 7) is 2.05. The molecule has 0 fully saturated rings. The second kappa shape index (κ2) is 4.47. The Morgan fingerprint density at radius 3 is 2.81 bits per heavy atom. The van der Waals surface area contributed by atoms with Crippen molar-refractivity contribution in [2.75, 3.05) is 6.54 Å². The smallest absolute Gasteiger partial charge is 0.128 e. The van der Waals surface area contributed by atoms with E-state index < -0.39 is 6.10 Å². The van der Waals surface area contributed by atoms with E-state index in [-0.39, 0.29) is 17.7 Å². The minimum atomic E-state index is -0.485. The van der Waals surface area contributed by atoms with Gasteiger partial charge >= 0.3 is 0 Å². The molecular formula is C12H15F2NO. The molecule has 0 aromatic heterocycles. The molecule has 0 spiro atoms. The van der Waals surface area contributed by atoms with Crippen LogP contribution in [0.5, 0.6) is 0 Å². The first-order chi connectivity index (χ1) is 7.59. The van der Waals surface area contributed by atoms with E-state index in [0.717, 1.165) is 6.07 Å². The molecule has 2 unspecified atom stereocenters. The molecule has 2 rings (SSSR count). The Hall–Kier alpha value is -1.00. The monoisotopic (exact) mass is 227 g/mol. The molecule has 1 aliphatic carbocycles. The zero-order valence-electron chi connectivity index (χ0n) is 9.13. The van der Waals surface area contributed by atoms with Crippen molar-refractivity contribution in [3.05, 3.63) is 34.9 Å². The highest BCUT2D eigenvalue weighted by molar-refractivity contribution is 5.36. The van der Waals surface area contributed by atoms with Crippen LogP contribution in [0.2, 0.25) is 0 Å². The van der Waals surface area contributed by atoms with Gasteiger partial charge in [-0.25, -0.2) is 8.78 Å². The zero-order valence-corrected chi connectivity index (χ0v) is 9.13. The van der Waals surface area contributed by atoms with Gasteiger partial charge in [0.15, 0.2) is 0 Å². The van der Waals surface area contributed by atoms with Gasteiger partial charge in [0.05, 0.1) is 6.10 Å². The van der Waals surface area contributed by atoms with Crippen LogP contribution in [0, 0.1) is 11.6 Å². The molecule has 88 valence electrons. The van der Waals surface area contributed by atoms with Gasteiger partial charge in [0.1, 0.15) is 11.6 Å². The van der Waals surface area contributed by atoms with Crippen LogP contribution in [0.4, 0.5) is 8.78 Å². The fourth-order valence-corrected chi connectivity index (χ4v) is 2.19. The van der Waals surface area contributed by atoms with Crippen LogP contribution in [0.25, 0.3) is 0 Å². The summed E-state index contributed by atoms with van der Waals surface area (Å²) in [7, 11) is 0. The minimum Gasteiger partial charge on any atom is -0.392 e. The molecule has 0 saturated carbocycles. The van der Waals surface area contributed by atoms with E-state index in [2.05, 4.69) is 5.32 Å². The normalized spacial score (nSPS) is 20.9. The van der Waals surface area contributed by atoms with Gasteiger partial charge in [0.2, 0.25) is 0 Å². The Kier molecular flexibility index (Phi) is 3.21. The van der Waals surface area contributed by atoms with Crippen LogP contribution >= 0.6 is 0 Å². The van der Waals surface area contributed by atoms with Crippen LogP contribution in [-0.2, 0) is 6.42 Å². The summed E-state index contributed by atoms with van der Waals surface area (Å²) in [6, 6.07) is 2.15. The van der Waals surface area contributed by atoms with E-state index in [4.69, 9.17) is 5.11 Å². The highest BCUT2D eigenvalue weighted by Gasteiger charge is 2.28. The third-order valence-corrected chi connectivity index (χ3v) is 2.94. The number of nitrogens with one attached hydrogen (secondary N) is 1. The molecule has 0 heterocycles. The van der Waals surface area contributed by atoms with Crippen molar-refractivity contribution in [2.45, 2.75) is 31.9 Å². The summed E-state index contributed by atoms with van der Waals surface area (Å²) >= 11 is 0. The number of rotatable bonds is 3. The molecule has 0 saturated heterocycles. The van der Waals surface area contributed by atoms with Crippen molar-refractivity contribution in [1.29, 1.82) is 0 Å². The average Bonchev–Trinajstić information content (AvgIpc) is 2.65. The van der Waals surface area contributed by atoms with Gasteiger partial charge in [0.25, 0.3) is 0 Å². The zero-order chi connectivity index (χ0) is 11.7. The maximum Gasteiger partial charge on any atom is 0.128 e. The molecular weight excluding hydrogens is 212 g/mol. The molecule has 1 aromatic carbocycles. The quantitative estimate of drug-likeness (QED) is 0.827. The van der Waals surface area contributed by atoms with Gasteiger partial charge in [-0.15, -0.1) is 0 Å². The van der Waals surface area contributed by atoms with E-state index in [1.165, 1.54) is 6.07 Å². The number of aliphatic hydroxyl groups excluding tert-OH is 1. The number of hydrogen-bond donors (Lipinski definition) is 2. The molecule has 0 amide bonds. The third-order valence-electron chi connectivity index (χ3n) is 2.94. The van der Waals surface area contributed by atoms with Gasteiger partial charge in [0, 0.05) is 18.2 Å². The van der Waals surface area contributed by atoms with Gasteiger partial charge < -0.3 is 10.4 Å². The van der Waals surface area contributed by atoms with E-state index in [1.807, 2.05) is 0 Å².